The van der Waals surface area contributed by atoms with Crippen molar-refractivity contribution in [2.45, 2.75) is 0 Å². The van der Waals surface area contributed by atoms with Gasteiger partial charge in [0.15, 0.2) is 11.5 Å². The Hall–Kier alpha value is -3.55. The minimum absolute atomic E-state index is 0.127. The van der Waals surface area contributed by atoms with E-state index in [0.717, 1.165) is 0 Å². The molecule has 0 atom stereocenters. The first-order valence-corrected chi connectivity index (χ1v) is 7.40. The first kappa shape index (κ1) is 16.3. The zero-order valence-corrected chi connectivity index (χ0v) is 13.1. The molecular formula is C17H15N3O5. The number of ether oxygens (including phenoxy) is 2. The number of carbonyl (C=O) groups excluding carboxylic acids is 2. The largest absolute Gasteiger partial charge is 0.508 e. The van der Waals surface area contributed by atoms with Crippen molar-refractivity contribution in [2.75, 3.05) is 13.3 Å². The summed E-state index contributed by atoms with van der Waals surface area (Å²) in [4.78, 5) is 23.7. The Kier molecular flexibility index (Phi) is 4.79. The number of nitrogens with zero attached hydrogens (tertiary/aromatic N) is 1. The van der Waals surface area contributed by atoms with Gasteiger partial charge < -0.3 is 19.9 Å². The number of hydrazone groups is 1. The molecule has 2 amide bonds. The Bertz CT molecular complexity index is 818. The summed E-state index contributed by atoms with van der Waals surface area (Å²) >= 11 is 0. The molecule has 8 nitrogen and oxygen atoms in total. The lowest BCUT2D eigenvalue weighted by molar-refractivity contribution is -0.120. The van der Waals surface area contributed by atoms with Crippen LogP contribution in [-0.2, 0) is 4.79 Å². The van der Waals surface area contributed by atoms with E-state index in [0.29, 0.717) is 22.6 Å². The highest BCUT2D eigenvalue weighted by Gasteiger charge is 2.16. The quantitative estimate of drug-likeness (QED) is 0.555. The topological polar surface area (TPSA) is 109 Å². The van der Waals surface area contributed by atoms with Crippen molar-refractivity contribution in [3.8, 4) is 17.2 Å². The van der Waals surface area contributed by atoms with Gasteiger partial charge in [0.25, 0.3) is 11.8 Å². The molecule has 0 fully saturated rings. The van der Waals surface area contributed by atoms with E-state index in [4.69, 9.17) is 14.6 Å². The predicted octanol–water partition coefficient (Wildman–Crippen LogP) is 1.00. The van der Waals surface area contributed by atoms with Gasteiger partial charge in [-0.1, -0.05) is 0 Å². The fraction of sp³-hybridized carbons (Fsp3) is 0.118. The van der Waals surface area contributed by atoms with Crippen LogP contribution in [0.1, 0.15) is 15.9 Å². The number of nitrogens with one attached hydrogen (secondary N) is 2. The van der Waals surface area contributed by atoms with E-state index in [-0.39, 0.29) is 19.1 Å². The van der Waals surface area contributed by atoms with E-state index in [1.54, 1.807) is 30.3 Å². The third-order valence-electron chi connectivity index (χ3n) is 3.34. The lowest BCUT2D eigenvalue weighted by Gasteiger charge is -2.05. The number of phenols is 1. The van der Waals surface area contributed by atoms with E-state index in [1.807, 2.05) is 0 Å². The van der Waals surface area contributed by atoms with Gasteiger partial charge in [0.1, 0.15) is 5.75 Å². The molecule has 2 aromatic carbocycles. The van der Waals surface area contributed by atoms with E-state index in [9.17, 15) is 9.59 Å². The first-order chi connectivity index (χ1) is 12.1. The van der Waals surface area contributed by atoms with Crippen LogP contribution in [0, 0.1) is 0 Å². The van der Waals surface area contributed by atoms with Gasteiger partial charge in [-0.25, -0.2) is 5.43 Å². The Balaban J connectivity index is 1.47. The number of amides is 2. The molecule has 3 rings (SSSR count). The fourth-order valence-corrected chi connectivity index (χ4v) is 2.08. The molecule has 0 unspecified atom stereocenters. The second-order valence-electron chi connectivity index (χ2n) is 5.14. The Morgan fingerprint density at radius 3 is 2.68 bits per heavy atom. The Morgan fingerprint density at radius 2 is 1.88 bits per heavy atom. The number of carbonyl (C=O) groups is 2. The predicted molar refractivity (Wildman–Crippen MR) is 88.7 cm³/mol. The molecule has 25 heavy (non-hydrogen) atoms. The standard InChI is InChI=1S/C17H15N3O5/c21-13-4-1-11(2-5-13)8-19-20-16(22)9-18-17(23)12-3-6-14-15(7-12)25-10-24-14/h1-8,21H,9-10H2,(H,18,23)(H,20,22)/b19-8+. The molecule has 2 aromatic rings. The molecule has 128 valence electrons. The summed E-state index contributed by atoms with van der Waals surface area (Å²) in [5.41, 5.74) is 3.38. The average molecular weight is 341 g/mol. The molecule has 0 aliphatic carbocycles. The van der Waals surface area contributed by atoms with Crippen LogP contribution in [-0.4, -0.2) is 36.5 Å². The number of hydrogen-bond acceptors (Lipinski definition) is 6. The zero-order chi connectivity index (χ0) is 17.6. The highest BCUT2D eigenvalue weighted by molar-refractivity contribution is 5.97. The van der Waals surface area contributed by atoms with Crippen molar-refractivity contribution in [3.63, 3.8) is 0 Å². The molecule has 0 spiro atoms. The molecule has 1 heterocycles. The van der Waals surface area contributed by atoms with Gasteiger partial charge in [0.05, 0.1) is 12.8 Å². The molecule has 8 heteroatoms. The molecule has 1 aliphatic heterocycles. The van der Waals surface area contributed by atoms with Gasteiger partial charge in [-0.05, 0) is 48.0 Å². The summed E-state index contributed by atoms with van der Waals surface area (Å²) in [6.07, 6.45) is 1.43. The lowest BCUT2D eigenvalue weighted by atomic mass is 10.2. The summed E-state index contributed by atoms with van der Waals surface area (Å²) in [5, 5.41) is 15.4. The third kappa shape index (κ3) is 4.25. The summed E-state index contributed by atoms with van der Waals surface area (Å²) in [5.74, 6) is 0.348. The Labute approximate surface area is 143 Å². The second kappa shape index (κ2) is 7.35. The van der Waals surface area contributed by atoms with Crippen LogP contribution in [0.15, 0.2) is 47.6 Å². The van der Waals surface area contributed by atoms with Crippen LogP contribution in [0.4, 0.5) is 0 Å². The number of benzene rings is 2. The number of phenolic OH excluding ortho intramolecular Hbond substituents is 1. The summed E-state index contributed by atoms with van der Waals surface area (Å²) in [6.45, 7) is -0.0952. The van der Waals surface area contributed by atoms with E-state index < -0.39 is 11.8 Å². The highest BCUT2D eigenvalue weighted by Crippen LogP contribution is 2.32. The number of fused-ring (bicyclic) bond motifs is 1. The maximum atomic E-state index is 12.0. The molecule has 0 radical (unpaired) electrons. The molecule has 1 aliphatic rings. The maximum absolute atomic E-state index is 12.0. The van der Waals surface area contributed by atoms with Crippen LogP contribution in [0.3, 0.4) is 0 Å². The SMILES string of the molecule is O=C(CNC(=O)c1ccc2c(c1)OCO2)N/N=C/c1ccc(O)cc1. The smallest absolute Gasteiger partial charge is 0.259 e. The van der Waals surface area contributed by atoms with Gasteiger partial charge in [-0.15, -0.1) is 0 Å². The lowest BCUT2D eigenvalue weighted by Crippen LogP contribution is -2.34. The molecule has 3 N–H and O–H groups in total. The van der Waals surface area contributed by atoms with Gasteiger partial charge >= 0.3 is 0 Å². The van der Waals surface area contributed by atoms with Gasteiger partial charge in [-0.2, -0.15) is 5.10 Å². The normalized spacial score (nSPS) is 12.2. The van der Waals surface area contributed by atoms with E-state index in [1.165, 1.54) is 18.3 Å². The van der Waals surface area contributed by atoms with E-state index in [2.05, 4.69) is 15.8 Å². The average Bonchev–Trinajstić information content (AvgIpc) is 3.09. The van der Waals surface area contributed by atoms with Crippen molar-refractivity contribution in [2.24, 2.45) is 5.10 Å². The van der Waals surface area contributed by atoms with Gasteiger partial charge in [-0.3, -0.25) is 9.59 Å². The van der Waals surface area contributed by atoms with Crippen molar-refractivity contribution in [1.29, 1.82) is 0 Å². The van der Waals surface area contributed by atoms with Crippen molar-refractivity contribution in [3.05, 3.63) is 53.6 Å². The highest BCUT2D eigenvalue weighted by atomic mass is 16.7. The van der Waals surface area contributed by atoms with Gasteiger partial charge in [0.2, 0.25) is 6.79 Å². The number of rotatable bonds is 5. The molecule has 0 bridgehead atoms. The minimum atomic E-state index is -0.468. The van der Waals surface area contributed by atoms with Crippen LogP contribution >= 0.6 is 0 Å². The molecule has 0 saturated carbocycles. The van der Waals surface area contributed by atoms with Crippen molar-refractivity contribution in [1.82, 2.24) is 10.7 Å². The summed E-state index contributed by atoms with van der Waals surface area (Å²) in [6, 6.07) is 11.1. The summed E-state index contributed by atoms with van der Waals surface area (Å²) in [7, 11) is 0. The molecule has 0 saturated heterocycles. The van der Waals surface area contributed by atoms with Crippen LogP contribution in [0.5, 0.6) is 17.2 Å². The van der Waals surface area contributed by atoms with Gasteiger partial charge in [0, 0.05) is 5.56 Å². The number of aromatic hydroxyl groups is 1. The summed E-state index contributed by atoms with van der Waals surface area (Å²) < 4.78 is 10.4. The maximum Gasteiger partial charge on any atom is 0.259 e. The van der Waals surface area contributed by atoms with Crippen molar-refractivity contribution >= 4 is 18.0 Å². The van der Waals surface area contributed by atoms with E-state index >= 15 is 0 Å². The van der Waals surface area contributed by atoms with Crippen LogP contribution in [0.25, 0.3) is 0 Å². The minimum Gasteiger partial charge on any atom is -0.508 e. The monoisotopic (exact) mass is 341 g/mol. The van der Waals surface area contributed by atoms with Crippen LogP contribution < -0.4 is 20.2 Å². The van der Waals surface area contributed by atoms with Crippen LogP contribution in [0.2, 0.25) is 0 Å². The fourth-order valence-electron chi connectivity index (χ4n) is 2.08. The number of hydrogen-bond donors (Lipinski definition) is 3. The molecular weight excluding hydrogens is 326 g/mol. The Morgan fingerprint density at radius 1 is 1.12 bits per heavy atom. The zero-order valence-electron chi connectivity index (χ0n) is 13.1. The van der Waals surface area contributed by atoms with Crippen molar-refractivity contribution < 1.29 is 24.2 Å². The first-order valence-electron chi connectivity index (χ1n) is 7.40. The second-order valence-corrected chi connectivity index (χ2v) is 5.14. The molecule has 0 aromatic heterocycles. The third-order valence-corrected chi connectivity index (χ3v) is 3.34.